The Morgan fingerprint density at radius 3 is 3.11 bits per heavy atom. The quantitative estimate of drug-likeness (QED) is 0.804. The van der Waals surface area contributed by atoms with Crippen LogP contribution in [0.5, 0.6) is 0 Å². The van der Waals surface area contributed by atoms with E-state index in [2.05, 4.69) is 0 Å². The lowest BCUT2D eigenvalue weighted by atomic mass is 10.2. The molecular weight excluding hydrogens is 244 g/mol. The van der Waals surface area contributed by atoms with Crippen molar-refractivity contribution in [1.82, 2.24) is 4.90 Å². The molecule has 3 N–H and O–H groups in total. The number of rotatable bonds is 2. The maximum Gasteiger partial charge on any atom is 0.289 e. The minimum atomic E-state index is -0.161. The summed E-state index contributed by atoms with van der Waals surface area (Å²) in [6.45, 7) is 0.669. The molecule has 100 valence electrons. The number of benzene rings is 1. The molecule has 2 heterocycles. The van der Waals surface area contributed by atoms with Gasteiger partial charge in [-0.2, -0.15) is 0 Å². The zero-order valence-corrected chi connectivity index (χ0v) is 10.5. The molecule has 1 aromatic heterocycles. The van der Waals surface area contributed by atoms with E-state index >= 15 is 0 Å². The molecule has 1 aromatic carbocycles. The fourth-order valence-electron chi connectivity index (χ4n) is 2.60. The van der Waals surface area contributed by atoms with Gasteiger partial charge in [0.2, 0.25) is 0 Å². The molecule has 5 heteroatoms. The third-order valence-corrected chi connectivity index (χ3v) is 3.60. The van der Waals surface area contributed by atoms with Gasteiger partial charge in [-0.25, -0.2) is 0 Å². The SMILES string of the molecule is Nc1ccc2oc(C(=O)N3CCC[C@H]3CO)cc2c1. The molecule has 1 atom stereocenters. The van der Waals surface area contributed by atoms with Crippen molar-refractivity contribution in [2.75, 3.05) is 18.9 Å². The average Bonchev–Trinajstić information content (AvgIpc) is 3.03. The molecule has 5 nitrogen and oxygen atoms in total. The highest BCUT2D eigenvalue weighted by atomic mass is 16.3. The third-order valence-electron chi connectivity index (χ3n) is 3.60. The average molecular weight is 260 g/mol. The van der Waals surface area contributed by atoms with Crippen LogP contribution in [0, 0.1) is 0 Å². The van der Waals surface area contributed by atoms with Gasteiger partial charge in [0.25, 0.3) is 5.91 Å². The molecular formula is C14H16N2O3. The Morgan fingerprint density at radius 2 is 2.32 bits per heavy atom. The van der Waals surface area contributed by atoms with Crippen molar-refractivity contribution in [3.63, 3.8) is 0 Å². The second kappa shape index (κ2) is 4.59. The van der Waals surface area contributed by atoms with Crippen LogP contribution in [0.1, 0.15) is 23.4 Å². The molecule has 0 aliphatic carbocycles. The summed E-state index contributed by atoms with van der Waals surface area (Å²) in [7, 11) is 0. The zero-order chi connectivity index (χ0) is 13.4. The second-order valence-corrected chi connectivity index (χ2v) is 4.89. The van der Waals surface area contributed by atoms with Gasteiger partial charge in [-0.3, -0.25) is 4.79 Å². The van der Waals surface area contributed by atoms with E-state index < -0.39 is 0 Å². The number of amides is 1. The van der Waals surface area contributed by atoms with Gasteiger partial charge in [0.1, 0.15) is 5.58 Å². The van der Waals surface area contributed by atoms with Crippen LogP contribution in [0.25, 0.3) is 11.0 Å². The van der Waals surface area contributed by atoms with Crippen molar-refractivity contribution < 1.29 is 14.3 Å². The summed E-state index contributed by atoms with van der Waals surface area (Å²) in [5, 5.41) is 10.1. The van der Waals surface area contributed by atoms with E-state index in [0.717, 1.165) is 18.2 Å². The minimum Gasteiger partial charge on any atom is -0.451 e. The van der Waals surface area contributed by atoms with E-state index in [4.69, 9.17) is 10.2 Å². The Hall–Kier alpha value is -2.01. The highest BCUT2D eigenvalue weighted by Gasteiger charge is 2.30. The van der Waals surface area contributed by atoms with Crippen molar-refractivity contribution in [2.45, 2.75) is 18.9 Å². The molecule has 0 saturated carbocycles. The number of hydrogen-bond donors (Lipinski definition) is 2. The first-order chi connectivity index (χ1) is 9.19. The van der Waals surface area contributed by atoms with E-state index in [9.17, 15) is 9.90 Å². The first-order valence-corrected chi connectivity index (χ1v) is 6.40. The first-order valence-electron chi connectivity index (χ1n) is 6.40. The lowest BCUT2D eigenvalue weighted by Gasteiger charge is -2.21. The van der Waals surface area contributed by atoms with Gasteiger partial charge < -0.3 is 20.2 Å². The van der Waals surface area contributed by atoms with Crippen LogP contribution in [-0.4, -0.2) is 35.1 Å². The minimum absolute atomic E-state index is 0.00107. The van der Waals surface area contributed by atoms with E-state index in [0.29, 0.717) is 23.6 Å². The van der Waals surface area contributed by atoms with Crippen molar-refractivity contribution in [3.05, 3.63) is 30.0 Å². The van der Waals surface area contributed by atoms with Crippen molar-refractivity contribution >= 4 is 22.6 Å². The topological polar surface area (TPSA) is 79.7 Å². The van der Waals surface area contributed by atoms with E-state index in [1.165, 1.54) is 0 Å². The van der Waals surface area contributed by atoms with Gasteiger partial charge in [-0.15, -0.1) is 0 Å². The Kier molecular flexibility index (Phi) is 2.91. The molecule has 19 heavy (non-hydrogen) atoms. The summed E-state index contributed by atoms with van der Waals surface area (Å²) in [4.78, 5) is 14.0. The van der Waals surface area contributed by atoms with Crippen LogP contribution in [-0.2, 0) is 0 Å². The smallest absolute Gasteiger partial charge is 0.289 e. The molecule has 1 fully saturated rings. The lowest BCUT2D eigenvalue weighted by Crippen LogP contribution is -2.37. The Balaban J connectivity index is 1.93. The number of carbonyl (C=O) groups is 1. The maximum absolute atomic E-state index is 12.4. The van der Waals surface area contributed by atoms with Crippen molar-refractivity contribution in [1.29, 1.82) is 0 Å². The molecule has 1 aliphatic rings. The Labute approximate surface area is 110 Å². The predicted molar refractivity (Wildman–Crippen MR) is 71.8 cm³/mol. The van der Waals surface area contributed by atoms with Crippen molar-refractivity contribution in [2.24, 2.45) is 0 Å². The van der Waals surface area contributed by atoms with E-state index in [1.807, 2.05) is 0 Å². The van der Waals surface area contributed by atoms with Gasteiger partial charge >= 0.3 is 0 Å². The van der Waals surface area contributed by atoms with E-state index in [-0.39, 0.29) is 18.6 Å². The number of hydrogen-bond acceptors (Lipinski definition) is 4. The summed E-state index contributed by atoms with van der Waals surface area (Å²) in [5.41, 5.74) is 7.00. The number of furan rings is 1. The summed E-state index contributed by atoms with van der Waals surface area (Å²) in [6, 6.07) is 6.90. The summed E-state index contributed by atoms with van der Waals surface area (Å²) in [5.74, 6) is 0.146. The number of anilines is 1. The Bertz CT molecular complexity index is 620. The monoisotopic (exact) mass is 260 g/mol. The van der Waals surface area contributed by atoms with Crippen LogP contribution >= 0.6 is 0 Å². The highest BCUT2D eigenvalue weighted by molar-refractivity contribution is 5.97. The Morgan fingerprint density at radius 1 is 1.47 bits per heavy atom. The molecule has 0 bridgehead atoms. The standard InChI is InChI=1S/C14H16N2O3/c15-10-3-4-12-9(6-10)7-13(19-12)14(18)16-5-1-2-11(16)8-17/h3-4,6-7,11,17H,1-2,5,8,15H2/t11-/m0/s1. The number of nitrogens with zero attached hydrogens (tertiary/aromatic N) is 1. The summed E-state index contributed by atoms with van der Waals surface area (Å²) in [6.07, 6.45) is 1.76. The number of aliphatic hydroxyl groups is 1. The maximum atomic E-state index is 12.4. The molecule has 3 rings (SSSR count). The molecule has 0 spiro atoms. The van der Waals surface area contributed by atoms with Crippen LogP contribution in [0.15, 0.2) is 28.7 Å². The van der Waals surface area contributed by atoms with Gasteiger partial charge in [0.05, 0.1) is 12.6 Å². The van der Waals surface area contributed by atoms with Crippen LogP contribution < -0.4 is 5.73 Å². The number of carbonyl (C=O) groups excluding carboxylic acids is 1. The zero-order valence-electron chi connectivity index (χ0n) is 10.5. The lowest BCUT2D eigenvalue weighted by molar-refractivity contribution is 0.0648. The number of aliphatic hydroxyl groups excluding tert-OH is 1. The van der Waals surface area contributed by atoms with Gasteiger partial charge in [-0.1, -0.05) is 0 Å². The van der Waals surface area contributed by atoms with Crippen LogP contribution in [0.3, 0.4) is 0 Å². The van der Waals surface area contributed by atoms with E-state index in [1.54, 1.807) is 29.2 Å². The summed E-state index contributed by atoms with van der Waals surface area (Å²) < 4.78 is 5.56. The molecule has 1 saturated heterocycles. The second-order valence-electron chi connectivity index (χ2n) is 4.89. The molecule has 2 aromatic rings. The third kappa shape index (κ3) is 2.06. The van der Waals surface area contributed by atoms with Crippen molar-refractivity contribution in [3.8, 4) is 0 Å². The van der Waals surface area contributed by atoms with Gasteiger partial charge in [0, 0.05) is 17.6 Å². The number of fused-ring (bicyclic) bond motifs is 1. The highest BCUT2D eigenvalue weighted by Crippen LogP contribution is 2.25. The van der Waals surface area contributed by atoms with Gasteiger partial charge in [-0.05, 0) is 37.1 Å². The molecule has 1 aliphatic heterocycles. The molecule has 0 radical (unpaired) electrons. The fraction of sp³-hybridized carbons (Fsp3) is 0.357. The molecule has 0 unspecified atom stereocenters. The number of nitrogen functional groups attached to an aromatic ring is 1. The van der Waals surface area contributed by atoms with Crippen LogP contribution in [0.2, 0.25) is 0 Å². The predicted octanol–water partition coefficient (Wildman–Crippen LogP) is 1.61. The van der Waals surface area contributed by atoms with Crippen LogP contribution in [0.4, 0.5) is 5.69 Å². The van der Waals surface area contributed by atoms with Gasteiger partial charge in [0.15, 0.2) is 5.76 Å². The number of nitrogens with two attached hydrogens (primary N) is 1. The normalized spacial score (nSPS) is 19.2. The number of likely N-dealkylation sites (tertiary alicyclic amines) is 1. The first kappa shape index (κ1) is 12.0. The summed E-state index contributed by atoms with van der Waals surface area (Å²) >= 11 is 0. The molecule has 1 amide bonds. The largest absolute Gasteiger partial charge is 0.451 e. The fourth-order valence-corrected chi connectivity index (χ4v) is 2.60.